The van der Waals surface area contributed by atoms with E-state index in [1.807, 2.05) is 23.1 Å². The second-order valence-electron chi connectivity index (χ2n) is 5.64. The van der Waals surface area contributed by atoms with Crippen LogP contribution in [0.2, 0.25) is 4.34 Å². The fourth-order valence-corrected chi connectivity index (χ4v) is 4.29. The van der Waals surface area contributed by atoms with Crippen LogP contribution in [-0.2, 0) is 11.3 Å². The van der Waals surface area contributed by atoms with Gasteiger partial charge in [0.2, 0.25) is 5.91 Å². The average Bonchev–Trinajstić information content (AvgIpc) is 2.81. The average molecular weight is 296 g/mol. The van der Waals surface area contributed by atoms with Crippen molar-refractivity contribution < 1.29 is 4.79 Å². The molecule has 19 heavy (non-hydrogen) atoms. The Morgan fingerprint density at radius 2 is 2.16 bits per heavy atom. The molecular weight excluding hydrogens is 278 g/mol. The molecule has 3 rings (SSSR count). The minimum atomic E-state index is 0.249. The number of hydrogen-bond acceptors (Lipinski definition) is 2. The van der Waals surface area contributed by atoms with E-state index in [2.05, 4.69) is 6.58 Å². The fraction of sp³-hybridized carbons (Fsp3) is 0.533. The number of fused-ring (bicyclic) bond motifs is 1. The molecule has 0 N–H and O–H groups in total. The number of carbonyl (C=O) groups excluding carboxylic acids is 1. The van der Waals surface area contributed by atoms with Gasteiger partial charge in [-0.2, -0.15) is 0 Å². The number of nitrogens with zero attached hydrogens (tertiary/aromatic N) is 1. The molecule has 0 radical (unpaired) electrons. The molecule has 0 saturated heterocycles. The van der Waals surface area contributed by atoms with Gasteiger partial charge in [-0.3, -0.25) is 4.79 Å². The van der Waals surface area contributed by atoms with Gasteiger partial charge < -0.3 is 4.90 Å². The molecule has 2 unspecified atom stereocenters. The number of halogens is 1. The zero-order valence-electron chi connectivity index (χ0n) is 10.8. The van der Waals surface area contributed by atoms with Gasteiger partial charge in [-0.1, -0.05) is 17.7 Å². The van der Waals surface area contributed by atoms with Crippen LogP contribution >= 0.6 is 22.9 Å². The monoisotopic (exact) mass is 295 g/mol. The fourth-order valence-electron chi connectivity index (χ4n) is 3.19. The molecular formula is C15H18ClNOS. The Balaban J connectivity index is 1.65. The number of thiophene rings is 1. The molecule has 0 spiro atoms. The quantitative estimate of drug-likeness (QED) is 0.753. The van der Waals surface area contributed by atoms with E-state index < -0.39 is 0 Å². The third kappa shape index (κ3) is 2.87. The summed E-state index contributed by atoms with van der Waals surface area (Å²) in [4.78, 5) is 15.6. The number of rotatable bonds is 5. The maximum atomic E-state index is 12.6. The summed E-state index contributed by atoms with van der Waals surface area (Å²) >= 11 is 7.50. The molecule has 1 aromatic heterocycles. The van der Waals surface area contributed by atoms with Gasteiger partial charge in [-0.15, -0.1) is 17.9 Å². The van der Waals surface area contributed by atoms with E-state index >= 15 is 0 Å². The summed E-state index contributed by atoms with van der Waals surface area (Å²) in [5, 5.41) is 0. The topological polar surface area (TPSA) is 20.3 Å². The third-order valence-corrected chi connectivity index (χ3v) is 5.45. The molecule has 2 aliphatic rings. The Kier molecular flexibility index (Phi) is 3.68. The zero-order valence-corrected chi connectivity index (χ0v) is 12.4. The van der Waals surface area contributed by atoms with E-state index in [-0.39, 0.29) is 5.92 Å². The normalized spacial score (nSPS) is 27.9. The SMILES string of the molecule is C=CCN(Cc1ccc(Cl)s1)C(=O)C1CC2CC2C1. The van der Waals surface area contributed by atoms with Crippen LogP contribution in [-0.4, -0.2) is 17.4 Å². The van der Waals surface area contributed by atoms with E-state index in [0.29, 0.717) is 19.0 Å². The van der Waals surface area contributed by atoms with Gasteiger partial charge in [0.1, 0.15) is 0 Å². The Hall–Kier alpha value is -0.800. The van der Waals surface area contributed by atoms with E-state index in [0.717, 1.165) is 33.9 Å². The van der Waals surface area contributed by atoms with Gasteiger partial charge in [0.05, 0.1) is 10.9 Å². The highest BCUT2D eigenvalue weighted by Gasteiger charge is 2.48. The molecule has 102 valence electrons. The highest BCUT2D eigenvalue weighted by Crippen LogP contribution is 2.54. The van der Waals surface area contributed by atoms with Crippen molar-refractivity contribution in [2.24, 2.45) is 17.8 Å². The molecule has 2 fully saturated rings. The maximum absolute atomic E-state index is 12.6. The minimum Gasteiger partial charge on any atom is -0.334 e. The molecule has 0 aromatic carbocycles. The summed E-state index contributed by atoms with van der Waals surface area (Å²) in [5.74, 6) is 2.24. The van der Waals surface area contributed by atoms with Gasteiger partial charge in [-0.25, -0.2) is 0 Å². The summed E-state index contributed by atoms with van der Waals surface area (Å²) in [7, 11) is 0. The number of hydrogen-bond donors (Lipinski definition) is 0. The molecule has 4 heteroatoms. The standard InChI is InChI=1S/C15H18ClNOS/c1-2-5-17(9-13-3-4-14(16)19-13)15(18)12-7-10-6-11(10)8-12/h2-4,10-12H,1,5-9H2. The molecule has 2 aliphatic carbocycles. The predicted molar refractivity (Wildman–Crippen MR) is 79.3 cm³/mol. The first kappa shape index (κ1) is 13.2. The van der Waals surface area contributed by atoms with E-state index in [1.54, 1.807) is 11.3 Å². The van der Waals surface area contributed by atoms with Crippen LogP contribution < -0.4 is 0 Å². The Bertz CT molecular complexity index is 488. The van der Waals surface area contributed by atoms with Crippen molar-refractivity contribution >= 4 is 28.8 Å². The van der Waals surface area contributed by atoms with Crippen molar-refractivity contribution in [2.45, 2.75) is 25.8 Å². The van der Waals surface area contributed by atoms with Gasteiger partial charge >= 0.3 is 0 Å². The van der Waals surface area contributed by atoms with Gasteiger partial charge in [-0.05, 0) is 43.2 Å². The van der Waals surface area contributed by atoms with Gasteiger partial charge in [0, 0.05) is 17.3 Å². The largest absolute Gasteiger partial charge is 0.334 e. The lowest BCUT2D eigenvalue weighted by Gasteiger charge is -2.24. The van der Waals surface area contributed by atoms with Crippen molar-refractivity contribution in [1.29, 1.82) is 0 Å². The van der Waals surface area contributed by atoms with Gasteiger partial charge in [0.25, 0.3) is 0 Å². The first-order chi connectivity index (χ1) is 9.17. The highest BCUT2D eigenvalue weighted by atomic mass is 35.5. The Labute approximate surface area is 123 Å². The van der Waals surface area contributed by atoms with Crippen LogP contribution in [0.15, 0.2) is 24.8 Å². The Morgan fingerprint density at radius 1 is 1.42 bits per heavy atom. The summed E-state index contributed by atoms with van der Waals surface area (Å²) in [5.41, 5.74) is 0. The third-order valence-electron chi connectivity index (χ3n) is 4.23. The van der Waals surface area contributed by atoms with Crippen molar-refractivity contribution in [3.63, 3.8) is 0 Å². The molecule has 0 bridgehead atoms. The van der Waals surface area contributed by atoms with Crippen LogP contribution in [0.5, 0.6) is 0 Å². The Morgan fingerprint density at radius 3 is 2.74 bits per heavy atom. The van der Waals surface area contributed by atoms with Crippen molar-refractivity contribution in [1.82, 2.24) is 4.90 Å². The maximum Gasteiger partial charge on any atom is 0.226 e. The summed E-state index contributed by atoms with van der Waals surface area (Å²) < 4.78 is 0.781. The molecule has 0 aliphatic heterocycles. The van der Waals surface area contributed by atoms with Crippen LogP contribution in [0.25, 0.3) is 0 Å². The second-order valence-corrected chi connectivity index (χ2v) is 7.44. The number of carbonyl (C=O) groups is 1. The lowest BCUT2D eigenvalue weighted by molar-refractivity contribution is -0.135. The minimum absolute atomic E-state index is 0.249. The smallest absolute Gasteiger partial charge is 0.226 e. The predicted octanol–water partition coefficient (Wildman–Crippen LogP) is 3.96. The molecule has 1 aromatic rings. The van der Waals surface area contributed by atoms with Crippen LogP contribution in [0.3, 0.4) is 0 Å². The lowest BCUT2D eigenvalue weighted by Crippen LogP contribution is -2.35. The molecule has 2 nitrogen and oxygen atoms in total. The molecule has 1 heterocycles. The lowest BCUT2D eigenvalue weighted by atomic mass is 10.0. The number of amides is 1. The summed E-state index contributed by atoms with van der Waals surface area (Å²) in [6, 6.07) is 3.89. The van der Waals surface area contributed by atoms with Crippen molar-refractivity contribution in [2.75, 3.05) is 6.54 Å². The second kappa shape index (κ2) is 5.29. The van der Waals surface area contributed by atoms with Crippen molar-refractivity contribution in [3.8, 4) is 0 Å². The van der Waals surface area contributed by atoms with E-state index in [4.69, 9.17) is 11.6 Å². The van der Waals surface area contributed by atoms with Crippen LogP contribution in [0, 0.1) is 17.8 Å². The van der Waals surface area contributed by atoms with Gasteiger partial charge in [0.15, 0.2) is 0 Å². The van der Waals surface area contributed by atoms with E-state index in [1.165, 1.54) is 6.42 Å². The first-order valence-corrected chi connectivity index (χ1v) is 8.00. The van der Waals surface area contributed by atoms with Crippen LogP contribution in [0.1, 0.15) is 24.1 Å². The summed E-state index contributed by atoms with van der Waals surface area (Å²) in [6.45, 7) is 5.05. The van der Waals surface area contributed by atoms with Crippen LogP contribution in [0.4, 0.5) is 0 Å². The zero-order chi connectivity index (χ0) is 13.4. The first-order valence-electron chi connectivity index (χ1n) is 6.81. The molecule has 2 saturated carbocycles. The summed E-state index contributed by atoms with van der Waals surface area (Å²) in [6.07, 6.45) is 5.36. The van der Waals surface area contributed by atoms with Crippen molar-refractivity contribution in [3.05, 3.63) is 34.0 Å². The highest BCUT2D eigenvalue weighted by molar-refractivity contribution is 7.16. The van der Waals surface area contributed by atoms with E-state index in [9.17, 15) is 4.79 Å². The molecule has 1 amide bonds. The molecule has 2 atom stereocenters.